The maximum absolute atomic E-state index is 13.2. The van der Waals surface area contributed by atoms with Crippen LogP contribution < -0.4 is 4.31 Å². The molecular weight excluding hydrogens is 348 g/mol. The van der Waals surface area contributed by atoms with Gasteiger partial charge < -0.3 is 10.0 Å². The second-order valence-electron chi connectivity index (χ2n) is 6.85. The minimum absolute atomic E-state index is 0.0385. The smallest absolute Gasteiger partial charge is 0.264 e. The van der Waals surface area contributed by atoms with Crippen molar-refractivity contribution in [3.63, 3.8) is 0 Å². The molecule has 1 heterocycles. The van der Waals surface area contributed by atoms with Gasteiger partial charge in [-0.25, -0.2) is 8.42 Å². The molecule has 0 bridgehead atoms. The summed E-state index contributed by atoms with van der Waals surface area (Å²) < 4.78 is 27.7. The highest BCUT2D eigenvalue weighted by Crippen LogP contribution is 2.24. The van der Waals surface area contributed by atoms with Gasteiger partial charge in [0.25, 0.3) is 10.0 Å². The molecule has 5 nitrogen and oxygen atoms in total. The van der Waals surface area contributed by atoms with Crippen molar-refractivity contribution in [2.75, 3.05) is 30.5 Å². The third-order valence-electron chi connectivity index (χ3n) is 4.70. The summed E-state index contributed by atoms with van der Waals surface area (Å²) in [4.78, 5) is 2.42. The van der Waals surface area contributed by atoms with Gasteiger partial charge in [-0.15, -0.1) is 0 Å². The molecule has 0 amide bonds. The highest BCUT2D eigenvalue weighted by Gasteiger charge is 2.28. The van der Waals surface area contributed by atoms with Gasteiger partial charge >= 0.3 is 0 Å². The fourth-order valence-electron chi connectivity index (χ4n) is 3.29. The lowest BCUT2D eigenvalue weighted by molar-refractivity contribution is 0.132. The van der Waals surface area contributed by atoms with Crippen LogP contribution >= 0.6 is 0 Å². The molecule has 1 atom stereocenters. The Morgan fingerprint density at radius 2 is 1.65 bits per heavy atom. The molecule has 0 unspecified atom stereocenters. The molecule has 2 aromatic carbocycles. The summed E-state index contributed by atoms with van der Waals surface area (Å²) in [6, 6.07) is 15.7. The molecule has 26 heavy (non-hydrogen) atoms. The highest BCUT2D eigenvalue weighted by molar-refractivity contribution is 7.92. The zero-order chi connectivity index (χ0) is 18.6. The topological polar surface area (TPSA) is 60.9 Å². The molecular formula is C20H26N2O3S. The van der Waals surface area contributed by atoms with E-state index >= 15 is 0 Å². The summed E-state index contributed by atoms with van der Waals surface area (Å²) in [7, 11) is -3.74. The Balaban J connectivity index is 1.87. The van der Waals surface area contributed by atoms with E-state index in [1.165, 1.54) is 4.31 Å². The Kier molecular flexibility index (Phi) is 5.96. The van der Waals surface area contributed by atoms with Crippen molar-refractivity contribution in [3.8, 4) is 0 Å². The van der Waals surface area contributed by atoms with E-state index < -0.39 is 16.1 Å². The van der Waals surface area contributed by atoms with Crippen LogP contribution in [-0.2, 0) is 10.0 Å². The molecule has 0 aromatic heterocycles. The van der Waals surface area contributed by atoms with E-state index in [4.69, 9.17) is 0 Å². The number of aryl methyl sites for hydroxylation is 1. The Morgan fingerprint density at radius 3 is 2.27 bits per heavy atom. The highest BCUT2D eigenvalue weighted by atomic mass is 32.2. The first-order valence-electron chi connectivity index (χ1n) is 9.02. The summed E-state index contributed by atoms with van der Waals surface area (Å²) in [5, 5.41) is 10.6. The van der Waals surface area contributed by atoms with Gasteiger partial charge in [0.1, 0.15) is 0 Å². The predicted octanol–water partition coefficient (Wildman–Crippen LogP) is 2.65. The molecule has 0 aliphatic carbocycles. The molecule has 3 rings (SSSR count). The van der Waals surface area contributed by atoms with Crippen LogP contribution in [0.15, 0.2) is 59.5 Å². The lowest BCUT2D eigenvalue weighted by Crippen LogP contribution is -2.42. The number of likely N-dealkylation sites (tertiary alicyclic amines) is 1. The molecule has 0 spiro atoms. The lowest BCUT2D eigenvalue weighted by Gasteiger charge is -2.28. The maximum Gasteiger partial charge on any atom is 0.264 e. The van der Waals surface area contributed by atoms with Gasteiger partial charge in [-0.3, -0.25) is 4.31 Å². The molecule has 0 radical (unpaired) electrons. The van der Waals surface area contributed by atoms with Crippen molar-refractivity contribution >= 4 is 15.7 Å². The summed E-state index contributed by atoms with van der Waals surface area (Å²) in [5.74, 6) is 0. The summed E-state index contributed by atoms with van der Waals surface area (Å²) >= 11 is 0. The van der Waals surface area contributed by atoms with Crippen LogP contribution in [0, 0.1) is 6.92 Å². The molecule has 1 saturated heterocycles. The van der Waals surface area contributed by atoms with Gasteiger partial charge in [-0.1, -0.05) is 35.9 Å². The number of rotatable bonds is 7. The van der Waals surface area contributed by atoms with Gasteiger partial charge in [-0.05, 0) is 57.1 Å². The number of nitrogens with zero attached hydrogens (tertiary/aromatic N) is 2. The first-order valence-corrected chi connectivity index (χ1v) is 10.5. The number of hydrogen-bond acceptors (Lipinski definition) is 4. The average Bonchev–Trinajstić information content (AvgIpc) is 3.14. The first-order chi connectivity index (χ1) is 12.5. The number of β-amino-alcohol motifs (C(OH)–C–C–N with tert-alkyl or cyclic N) is 1. The Hall–Kier alpha value is -1.89. The molecule has 1 N–H and O–H groups in total. The lowest BCUT2D eigenvalue weighted by atomic mass is 10.2. The van der Waals surface area contributed by atoms with Crippen molar-refractivity contribution in [1.82, 2.24) is 4.90 Å². The molecule has 140 valence electrons. The quantitative estimate of drug-likeness (QED) is 0.809. The number of hydrogen-bond donors (Lipinski definition) is 1. The summed E-state index contributed by atoms with van der Waals surface area (Å²) in [6.45, 7) is 4.42. The van der Waals surface area contributed by atoms with Gasteiger partial charge in [0.15, 0.2) is 0 Å². The van der Waals surface area contributed by atoms with Gasteiger partial charge in [0.2, 0.25) is 0 Å². The minimum Gasteiger partial charge on any atom is -0.390 e. The van der Waals surface area contributed by atoms with Crippen molar-refractivity contribution < 1.29 is 13.5 Å². The van der Waals surface area contributed by atoms with Crippen molar-refractivity contribution in [3.05, 3.63) is 60.2 Å². The fourth-order valence-corrected chi connectivity index (χ4v) is 4.81. The average molecular weight is 375 g/mol. The number of benzene rings is 2. The Morgan fingerprint density at radius 1 is 1.04 bits per heavy atom. The summed E-state index contributed by atoms with van der Waals surface area (Å²) in [5.41, 5.74) is 1.63. The van der Waals surface area contributed by atoms with Crippen molar-refractivity contribution in [1.29, 1.82) is 0 Å². The largest absolute Gasteiger partial charge is 0.390 e. The molecule has 0 saturated carbocycles. The van der Waals surface area contributed by atoms with Crippen LogP contribution in [0.4, 0.5) is 5.69 Å². The van der Waals surface area contributed by atoms with E-state index in [1.807, 2.05) is 19.1 Å². The molecule has 1 fully saturated rings. The van der Waals surface area contributed by atoms with E-state index in [1.54, 1.807) is 42.5 Å². The van der Waals surface area contributed by atoms with Crippen LogP contribution in [0.5, 0.6) is 0 Å². The van der Waals surface area contributed by atoms with Crippen LogP contribution in [0.25, 0.3) is 0 Å². The third kappa shape index (κ3) is 4.44. The molecule has 6 heteroatoms. The van der Waals surface area contributed by atoms with E-state index in [0.29, 0.717) is 12.2 Å². The van der Waals surface area contributed by atoms with E-state index in [0.717, 1.165) is 31.5 Å². The summed E-state index contributed by atoms with van der Waals surface area (Å²) in [6.07, 6.45) is 1.53. The molecule has 1 aliphatic heterocycles. The zero-order valence-corrected chi connectivity index (χ0v) is 15.9. The first kappa shape index (κ1) is 18.9. The Labute approximate surface area is 155 Å². The second-order valence-corrected chi connectivity index (χ2v) is 8.71. The van der Waals surface area contributed by atoms with Crippen LogP contribution in [0.3, 0.4) is 0 Å². The van der Waals surface area contributed by atoms with Gasteiger partial charge in [0, 0.05) is 6.54 Å². The maximum atomic E-state index is 13.2. The second kappa shape index (κ2) is 8.20. The number of anilines is 1. The number of aliphatic hydroxyl groups is 1. The van der Waals surface area contributed by atoms with Gasteiger partial charge in [0.05, 0.1) is 23.2 Å². The van der Waals surface area contributed by atoms with Crippen LogP contribution in [-0.4, -0.2) is 50.7 Å². The van der Waals surface area contributed by atoms with Gasteiger partial charge in [-0.2, -0.15) is 0 Å². The Bertz CT molecular complexity index is 801. The molecule has 2 aromatic rings. The third-order valence-corrected chi connectivity index (χ3v) is 6.51. The number of sulfonamides is 1. The normalized spacial score (nSPS) is 16.5. The van der Waals surface area contributed by atoms with E-state index in [-0.39, 0.29) is 11.4 Å². The van der Waals surface area contributed by atoms with E-state index in [2.05, 4.69) is 4.90 Å². The molecule has 1 aliphatic rings. The van der Waals surface area contributed by atoms with Crippen molar-refractivity contribution in [2.24, 2.45) is 0 Å². The monoisotopic (exact) mass is 374 g/mol. The van der Waals surface area contributed by atoms with Crippen LogP contribution in [0.1, 0.15) is 18.4 Å². The minimum atomic E-state index is -3.74. The SMILES string of the molecule is Cc1ccc(N(C[C@@H](O)CN2CCCC2)S(=O)(=O)c2ccccc2)cc1. The zero-order valence-electron chi connectivity index (χ0n) is 15.1. The standard InChI is InChI=1S/C20H26N2O3S/c1-17-9-11-18(12-10-17)22(16-19(23)15-21-13-5-6-14-21)26(24,25)20-7-3-2-4-8-20/h2-4,7-12,19,23H,5-6,13-16H2,1H3/t19-/m0/s1. The fraction of sp³-hybridized carbons (Fsp3) is 0.400. The van der Waals surface area contributed by atoms with E-state index in [9.17, 15) is 13.5 Å². The van der Waals surface area contributed by atoms with Crippen molar-refractivity contribution in [2.45, 2.75) is 30.8 Å². The predicted molar refractivity (Wildman–Crippen MR) is 104 cm³/mol. The van der Waals surface area contributed by atoms with Crippen LogP contribution in [0.2, 0.25) is 0 Å². The number of aliphatic hydroxyl groups excluding tert-OH is 1.